The largest absolute Gasteiger partial charge is 1.00 e. The van der Waals surface area contributed by atoms with E-state index in [0.29, 0.717) is 6.42 Å². The molecular formula is C9H14LiNaO4. The number of carboxylic acid groups (broad SMARTS) is 2. The van der Waals surface area contributed by atoms with E-state index in [1.165, 1.54) is 0 Å². The molecule has 0 aliphatic carbocycles. The van der Waals surface area contributed by atoms with Crippen LogP contribution in [-0.4, -0.2) is 11.9 Å². The van der Waals surface area contributed by atoms with E-state index >= 15 is 0 Å². The monoisotopic (exact) mass is 216 g/mol. The Morgan fingerprint density at radius 3 is 1.87 bits per heavy atom. The van der Waals surface area contributed by atoms with Crippen molar-refractivity contribution in [2.45, 2.75) is 39.0 Å². The summed E-state index contributed by atoms with van der Waals surface area (Å²) in [6.07, 6.45) is 3.59. The third kappa shape index (κ3) is 10.8. The summed E-state index contributed by atoms with van der Waals surface area (Å²) in [5, 5.41) is 20.5. The van der Waals surface area contributed by atoms with Crippen LogP contribution < -0.4 is 58.6 Å². The van der Waals surface area contributed by atoms with Gasteiger partial charge >= 0.3 is 48.4 Å². The first-order valence-electron chi connectivity index (χ1n) is 4.51. The fourth-order valence-corrected chi connectivity index (χ4v) is 1.11. The molecular weight excluding hydrogens is 202 g/mol. The van der Waals surface area contributed by atoms with Crippen LogP contribution in [0.25, 0.3) is 0 Å². The van der Waals surface area contributed by atoms with E-state index in [2.05, 4.69) is 0 Å². The summed E-state index contributed by atoms with van der Waals surface area (Å²) in [7, 11) is 0. The molecule has 0 aromatic rings. The number of hydrogen-bond donors (Lipinski definition) is 0. The van der Waals surface area contributed by atoms with Crippen LogP contribution in [-0.2, 0) is 9.59 Å². The Bertz CT molecular complexity index is 173. The van der Waals surface area contributed by atoms with Gasteiger partial charge in [0.05, 0.1) is 11.9 Å². The molecule has 0 heterocycles. The molecule has 0 radical (unpaired) electrons. The Morgan fingerprint density at radius 1 is 1.07 bits per heavy atom. The van der Waals surface area contributed by atoms with Crippen molar-refractivity contribution in [3.63, 3.8) is 0 Å². The number of carbonyl (C=O) groups excluding carboxylic acids is 2. The number of hydrogen-bond acceptors (Lipinski definition) is 4. The van der Waals surface area contributed by atoms with Crippen molar-refractivity contribution < 1.29 is 68.2 Å². The van der Waals surface area contributed by atoms with E-state index < -0.39 is 17.9 Å². The molecule has 0 rings (SSSR count). The van der Waals surface area contributed by atoms with Crippen molar-refractivity contribution in [1.29, 1.82) is 0 Å². The number of unbranched alkanes of at least 4 members (excludes halogenated alkanes) is 3. The van der Waals surface area contributed by atoms with E-state index in [4.69, 9.17) is 0 Å². The number of aliphatic carboxylic acids is 2. The molecule has 76 valence electrons. The predicted octanol–water partition coefficient (Wildman–Crippen LogP) is -6.92. The van der Waals surface area contributed by atoms with Crippen LogP contribution in [0.1, 0.15) is 39.0 Å². The van der Waals surface area contributed by atoms with Gasteiger partial charge in [0, 0.05) is 5.92 Å². The van der Waals surface area contributed by atoms with Gasteiger partial charge in [0.25, 0.3) is 0 Å². The van der Waals surface area contributed by atoms with Gasteiger partial charge in [0.15, 0.2) is 0 Å². The van der Waals surface area contributed by atoms with Gasteiger partial charge in [-0.3, -0.25) is 0 Å². The van der Waals surface area contributed by atoms with Gasteiger partial charge in [-0.1, -0.05) is 32.6 Å². The van der Waals surface area contributed by atoms with Gasteiger partial charge < -0.3 is 19.8 Å². The number of rotatable bonds is 7. The first kappa shape index (κ1) is 20.9. The average Bonchev–Trinajstić information content (AvgIpc) is 2.02. The van der Waals surface area contributed by atoms with Gasteiger partial charge in [-0.25, -0.2) is 0 Å². The van der Waals surface area contributed by atoms with E-state index in [9.17, 15) is 19.8 Å². The van der Waals surface area contributed by atoms with Crippen molar-refractivity contribution in [1.82, 2.24) is 0 Å². The molecule has 6 heteroatoms. The van der Waals surface area contributed by atoms with Crippen LogP contribution in [0.3, 0.4) is 0 Å². The molecule has 0 N–H and O–H groups in total. The molecule has 0 amide bonds. The maximum absolute atomic E-state index is 10.3. The summed E-state index contributed by atoms with van der Waals surface area (Å²) in [5.41, 5.74) is 0. The molecule has 0 aromatic heterocycles. The van der Waals surface area contributed by atoms with E-state index in [0.717, 1.165) is 19.3 Å². The molecule has 0 bridgehead atoms. The fraction of sp³-hybridized carbons (Fsp3) is 0.778. The van der Waals surface area contributed by atoms with Crippen molar-refractivity contribution in [3.8, 4) is 0 Å². The second kappa shape index (κ2) is 12.6. The van der Waals surface area contributed by atoms with Gasteiger partial charge in [-0.15, -0.1) is 0 Å². The molecule has 0 aliphatic rings. The van der Waals surface area contributed by atoms with Gasteiger partial charge in [0.1, 0.15) is 0 Å². The molecule has 0 aromatic carbocycles. The van der Waals surface area contributed by atoms with Crippen LogP contribution in [0.4, 0.5) is 0 Å². The first-order chi connectivity index (χ1) is 6.09. The summed E-state index contributed by atoms with van der Waals surface area (Å²) in [6.45, 7) is 2.02. The molecule has 0 saturated carbocycles. The smallest absolute Gasteiger partial charge is 0.549 e. The standard InChI is InChI=1S/C9H16O4.Li.Na/c1-2-3-4-5-6-7(8(10)11)9(12)13;;/h7H,2-6H2,1H3,(H,10,11)(H,12,13);;/q;2*+1/p-2. The van der Waals surface area contributed by atoms with Gasteiger partial charge in [-0.2, -0.15) is 0 Å². The molecule has 0 atom stereocenters. The third-order valence-corrected chi connectivity index (χ3v) is 1.92. The predicted molar refractivity (Wildman–Crippen MR) is 42.3 cm³/mol. The zero-order valence-electron chi connectivity index (χ0n) is 9.75. The van der Waals surface area contributed by atoms with Crippen molar-refractivity contribution >= 4 is 11.9 Å². The van der Waals surface area contributed by atoms with Crippen molar-refractivity contribution in [3.05, 3.63) is 0 Å². The Labute approximate surface area is 124 Å². The second-order valence-electron chi connectivity index (χ2n) is 3.04. The maximum atomic E-state index is 10.3. The van der Waals surface area contributed by atoms with Crippen LogP contribution in [0.2, 0.25) is 0 Å². The Hall–Kier alpha value is 0.537. The second-order valence-corrected chi connectivity index (χ2v) is 3.04. The minimum Gasteiger partial charge on any atom is -0.549 e. The first-order valence-corrected chi connectivity index (χ1v) is 4.51. The molecule has 0 spiro atoms. The Kier molecular flexibility index (Phi) is 17.6. The summed E-state index contributed by atoms with van der Waals surface area (Å²) in [4.78, 5) is 20.5. The summed E-state index contributed by atoms with van der Waals surface area (Å²) in [6, 6.07) is 0. The topological polar surface area (TPSA) is 80.3 Å². The quantitative estimate of drug-likeness (QED) is 0.240. The Balaban J connectivity index is -0.000000720. The third-order valence-electron chi connectivity index (χ3n) is 1.92. The molecule has 15 heavy (non-hydrogen) atoms. The van der Waals surface area contributed by atoms with E-state index in [1.807, 2.05) is 6.92 Å². The zero-order valence-corrected chi connectivity index (χ0v) is 11.7. The van der Waals surface area contributed by atoms with E-state index in [1.54, 1.807) is 0 Å². The molecule has 0 saturated heterocycles. The van der Waals surface area contributed by atoms with E-state index in [-0.39, 0.29) is 54.8 Å². The average molecular weight is 216 g/mol. The summed E-state index contributed by atoms with van der Waals surface area (Å²) in [5.74, 6) is -4.54. The van der Waals surface area contributed by atoms with Crippen LogP contribution in [0, 0.1) is 5.92 Å². The Morgan fingerprint density at radius 2 is 1.53 bits per heavy atom. The SMILES string of the molecule is CCCCCCC(C(=O)[O-])C(=O)[O-].[Li+].[Na+]. The van der Waals surface area contributed by atoms with Gasteiger partial charge in [0.2, 0.25) is 0 Å². The minimum atomic E-state index is -1.54. The maximum Gasteiger partial charge on any atom is 1.00 e. The van der Waals surface area contributed by atoms with Crippen LogP contribution in [0.15, 0.2) is 0 Å². The minimum absolute atomic E-state index is 0. The number of carboxylic acids is 2. The van der Waals surface area contributed by atoms with Crippen LogP contribution in [0.5, 0.6) is 0 Å². The summed E-state index contributed by atoms with van der Waals surface area (Å²) >= 11 is 0. The normalized spacial score (nSPS) is 8.93. The molecule has 0 aliphatic heterocycles. The summed E-state index contributed by atoms with van der Waals surface area (Å²) < 4.78 is 0. The molecule has 0 fully saturated rings. The number of carbonyl (C=O) groups is 2. The van der Waals surface area contributed by atoms with Crippen molar-refractivity contribution in [2.24, 2.45) is 5.92 Å². The zero-order chi connectivity index (χ0) is 10.3. The van der Waals surface area contributed by atoms with Gasteiger partial charge in [-0.05, 0) is 6.42 Å². The van der Waals surface area contributed by atoms with Crippen LogP contribution >= 0.6 is 0 Å². The fourth-order valence-electron chi connectivity index (χ4n) is 1.11. The molecule has 0 unspecified atom stereocenters. The van der Waals surface area contributed by atoms with Crippen molar-refractivity contribution in [2.75, 3.05) is 0 Å². The molecule has 4 nitrogen and oxygen atoms in total.